The van der Waals surface area contributed by atoms with E-state index in [9.17, 15) is 18.5 Å². The summed E-state index contributed by atoms with van der Waals surface area (Å²) in [5.41, 5.74) is 6.49. The van der Waals surface area contributed by atoms with Crippen molar-refractivity contribution in [2.45, 2.75) is 37.5 Å². The molecule has 1 fully saturated rings. The lowest BCUT2D eigenvalue weighted by molar-refractivity contribution is -0.127. The van der Waals surface area contributed by atoms with Gasteiger partial charge in [-0.3, -0.25) is 10.1 Å². The summed E-state index contributed by atoms with van der Waals surface area (Å²) < 4.78 is 32.5. The standard InChI is InChI=1S/C31H35N5O4S/c1-41(38,39)36(23-31(14-16-33-17-15-31)27-12-5-6-13-29(27)36)35-30(37)28(22-40-21-24-8-3-2-4-9-24)34-20-26-11-7-10-25(18-26)19-32/h2-13,18,28,33-34H,14-17,20-23H2,1H3/p+1. The van der Waals surface area contributed by atoms with Gasteiger partial charge in [0, 0.05) is 18.2 Å². The summed E-state index contributed by atoms with van der Waals surface area (Å²) in [6, 6.07) is 25.7. The Balaban J connectivity index is 1.42. The van der Waals surface area contributed by atoms with E-state index in [1.165, 1.54) is 6.26 Å². The molecular weight excluding hydrogens is 538 g/mol. The molecule has 2 unspecified atom stereocenters. The number of carbonyl (C=O) groups is 1. The number of fused-ring (bicyclic) bond motifs is 2. The monoisotopic (exact) mass is 574 g/mol. The molecule has 1 spiro atoms. The Kier molecular flexibility index (Phi) is 8.54. The van der Waals surface area contributed by atoms with Crippen molar-refractivity contribution < 1.29 is 17.9 Å². The van der Waals surface area contributed by atoms with E-state index in [-0.39, 0.29) is 18.6 Å². The second kappa shape index (κ2) is 12.1. The molecule has 2 aliphatic heterocycles. The highest BCUT2D eigenvalue weighted by atomic mass is 32.2. The number of benzene rings is 3. The van der Waals surface area contributed by atoms with E-state index in [4.69, 9.17) is 4.74 Å². The number of carbonyl (C=O) groups excluding carboxylic acids is 1. The van der Waals surface area contributed by atoms with Gasteiger partial charge in [0.2, 0.25) is 0 Å². The normalized spacial score (nSPS) is 20.2. The Morgan fingerprint density at radius 1 is 1.05 bits per heavy atom. The van der Waals surface area contributed by atoms with E-state index in [1.54, 1.807) is 18.2 Å². The van der Waals surface area contributed by atoms with Crippen LogP contribution < -0.4 is 20.1 Å². The molecule has 0 radical (unpaired) electrons. The maximum Gasteiger partial charge on any atom is 0.321 e. The minimum atomic E-state index is -3.84. The number of sulfonamides is 1. The van der Waals surface area contributed by atoms with E-state index in [2.05, 4.69) is 22.1 Å². The first-order valence-electron chi connectivity index (χ1n) is 13.8. The molecule has 1 amide bonds. The second-order valence-electron chi connectivity index (χ2n) is 10.9. The highest BCUT2D eigenvalue weighted by Crippen LogP contribution is 2.50. The van der Waals surface area contributed by atoms with Crippen LogP contribution in [-0.2, 0) is 38.1 Å². The molecule has 0 aromatic heterocycles. The predicted octanol–water partition coefficient (Wildman–Crippen LogP) is 2.87. The Morgan fingerprint density at radius 3 is 2.49 bits per heavy atom. The molecule has 2 atom stereocenters. The van der Waals surface area contributed by atoms with Crippen LogP contribution in [0.4, 0.5) is 5.69 Å². The number of rotatable bonds is 10. The lowest BCUT2D eigenvalue weighted by Crippen LogP contribution is -2.68. The van der Waals surface area contributed by atoms with Gasteiger partial charge in [-0.25, -0.2) is 0 Å². The van der Waals surface area contributed by atoms with Crippen LogP contribution in [0.15, 0.2) is 78.9 Å². The van der Waals surface area contributed by atoms with Crippen molar-refractivity contribution in [2.24, 2.45) is 0 Å². The van der Waals surface area contributed by atoms with E-state index in [0.717, 1.165) is 42.6 Å². The van der Waals surface area contributed by atoms with E-state index in [1.807, 2.05) is 60.7 Å². The van der Waals surface area contributed by atoms with Gasteiger partial charge < -0.3 is 10.1 Å². The molecule has 2 aliphatic rings. The number of nitrogens with zero attached hydrogens (tertiary/aromatic N) is 2. The molecule has 9 nitrogen and oxygen atoms in total. The van der Waals surface area contributed by atoms with E-state index >= 15 is 0 Å². The number of nitrogens with one attached hydrogen (secondary N) is 3. The fraction of sp³-hybridized carbons (Fsp3) is 0.355. The van der Waals surface area contributed by atoms with Crippen LogP contribution in [0, 0.1) is 11.3 Å². The van der Waals surface area contributed by atoms with Gasteiger partial charge in [0.05, 0.1) is 36.5 Å². The molecule has 10 heteroatoms. The van der Waals surface area contributed by atoms with Crippen molar-refractivity contribution in [1.82, 2.24) is 20.1 Å². The molecule has 0 saturated carbocycles. The third-order valence-corrected chi connectivity index (χ3v) is 9.68. The molecule has 0 bridgehead atoms. The highest BCUT2D eigenvalue weighted by Gasteiger charge is 2.60. The molecular formula is C31H36N5O4S+. The fourth-order valence-electron chi connectivity index (χ4n) is 5.99. The number of nitriles is 1. The van der Waals surface area contributed by atoms with E-state index in [0.29, 0.717) is 24.4 Å². The molecule has 3 N–H and O–H groups in total. The summed E-state index contributed by atoms with van der Waals surface area (Å²) in [5, 5.41) is 15.9. The van der Waals surface area contributed by atoms with Gasteiger partial charge in [0.25, 0.3) is 5.91 Å². The summed E-state index contributed by atoms with van der Waals surface area (Å²) in [6.45, 7) is 2.44. The van der Waals surface area contributed by atoms with Crippen LogP contribution in [-0.4, -0.2) is 52.9 Å². The minimum absolute atomic E-state index is 0.0269. The second-order valence-corrected chi connectivity index (χ2v) is 13.0. The topological polar surface area (TPSA) is 120 Å². The summed E-state index contributed by atoms with van der Waals surface area (Å²) in [4.78, 5) is 14.0. The van der Waals surface area contributed by atoms with Gasteiger partial charge in [-0.2, -0.15) is 19.1 Å². The summed E-state index contributed by atoms with van der Waals surface area (Å²) in [7, 11) is -3.84. The van der Waals surface area contributed by atoms with Gasteiger partial charge in [-0.05, 0) is 49.2 Å². The molecule has 1 saturated heterocycles. The lowest BCUT2D eigenvalue weighted by atomic mass is 9.75. The van der Waals surface area contributed by atoms with Crippen molar-refractivity contribution in [3.63, 3.8) is 0 Å². The number of para-hydroxylation sites is 1. The third-order valence-electron chi connectivity index (χ3n) is 8.13. The Hall–Kier alpha value is -3.59. The predicted molar refractivity (Wildman–Crippen MR) is 158 cm³/mol. The number of hydrogen-bond donors (Lipinski definition) is 3. The molecule has 3 aromatic carbocycles. The third kappa shape index (κ3) is 6.05. The number of amides is 1. The average Bonchev–Trinajstić information content (AvgIpc) is 3.25. The molecule has 5 rings (SSSR count). The largest absolute Gasteiger partial charge is 0.375 e. The highest BCUT2D eigenvalue weighted by molar-refractivity contribution is 7.90. The Morgan fingerprint density at radius 2 is 1.76 bits per heavy atom. The Labute approximate surface area is 241 Å². The van der Waals surface area contributed by atoms with Crippen LogP contribution in [0.2, 0.25) is 0 Å². The maximum atomic E-state index is 14.0. The molecule has 0 aliphatic carbocycles. The van der Waals surface area contributed by atoms with E-state index < -0.39 is 26.0 Å². The smallest absolute Gasteiger partial charge is 0.321 e. The summed E-state index contributed by atoms with van der Waals surface area (Å²) in [5.74, 6) is -0.472. The lowest BCUT2D eigenvalue weighted by Gasteiger charge is -2.36. The maximum absolute atomic E-state index is 14.0. The zero-order chi connectivity index (χ0) is 28.9. The first-order chi connectivity index (χ1) is 19.8. The molecule has 2 heterocycles. The van der Waals surface area contributed by atoms with Crippen LogP contribution in [0.1, 0.15) is 35.1 Å². The van der Waals surface area contributed by atoms with Crippen molar-refractivity contribution in [1.29, 1.82) is 5.26 Å². The zero-order valence-electron chi connectivity index (χ0n) is 23.2. The van der Waals surface area contributed by atoms with Crippen molar-refractivity contribution >= 4 is 21.6 Å². The van der Waals surface area contributed by atoms with Gasteiger partial charge >= 0.3 is 10.0 Å². The van der Waals surface area contributed by atoms with Gasteiger partial charge in [-0.15, -0.1) is 0 Å². The SMILES string of the molecule is CS(=O)(=O)[N+]1(NC(=O)C(COCc2ccccc2)NCc2cccc(C#N)c2)CC2(CCNCC2)c2ccccc21. The molecule has 214 valence electrons. The molecule has 3 aromatic rings. The van der Waals surface area contributed by atoms with Crippen LogP contribution in [0.25, 0.3) is 0 Å². The van der Waals surface area contributed by atoms with Crippen LogP contribution in [0.3, 0.4) is 0 Å². The molecule has 41 heavy (non-hydrogen) atoms. The van der Waals surface area contributed by atoms with Crippen molar-refractivity contribution in [2.75, 3.05) is 32.5 Å². The fourth-order valence-corrected chi connectivity index (χ4v) is 7.24. The number of quaternary nitrogens is 1. The summed E-state index contributed by atoms with van der Waals surface area (Å²) >= 11 is 0. The number of piperidine rings is 1. The summed E-state index contributed by atoms with van der Waals surface area (Å²) in [6.07, 6.45) is 2.75. The minimum Gasteiger partial charge on any atom is -0.375 e. The Bertz CT molecular complexity index is 1530. The van der Waals surface area contributed by atoms with Crippen LogP contribution in [0.5, 0.6) is 0 Å². The van der Waals surface area contributed by atoms with Gasteiger partial charge in [-0.1, -0.05) is 64.7 Å². The van der Waals surface area contributed by atoms with Crippen LogP contribution >= 0.6 is 0 Å². The first kappa shape index (κ1) is 28.9. The van der Waals surface area contributed by atoms with Crippen molar-refractivity contribution in [3.8, 4) is 6.07 Å². The average molecular weight is 575 g/mol. The van der Waals surface area contributed by atoms with Crippen molar-refractivity contribution in [3.05, 3.63) is 101 Å². The number of hydrogen-bond acceptors (Lipinski definition) is 7. The number of ether oxygens (including phenoxy) is 1. The zero-order valence-corrected chi connectivity index (χ0v) is 24.0. The van der Waals surface area contributed by atoms with Gasteiger partial charge in [0.1, 0.15) is 12.6 Å². The quantitative estimate of drug-likeness (QED) is 0.319. The van der Waals surface area contributed by atoms with Gasteiger partial charge in [0.15, 0.2) is 5.69 Å². The first-order valence-corrected chi connectivity index (χ1v) is 15.7.